The van der Waals surface area contributed by atoms with Crippen LogP contribution in [0.25, 0.3) is 0 Å². The lowest BCUT2D eigenvalue weighted by atomic mass is 10.0. The highest BCUT2D eigenvalue weighted by Gasteiger charge is 2.27. The number of hydrogen-bond donors (Lipinski definition) is 4. The Hall–Kier alpha value is -2.72. The highest BCUT2D eigenvalue weighted by molar-refractivity contribution is 5.87. The van der Waals surface area contributed by atoms with Gasteiger partial charge >= 0.3 is 18.2 Å². The van der Waals surface area contributed by atoms with Crippen molar-refractivity contribution in [1.29, 1.82) is 0 Å². The van der Waals surface area contributed by atoms with Gasteiger partial charge in [0.1, 0.15) is 11.6 Å². The maximum atomic E-state index is 12.4. The van der Waals surface area contributed by atoms with E-state index in [-0.39, 0.29) is 5.92 Å². The number of rotatable bonds is 4. The largest absolute Gasteiger partial charge is 0.443 e. The maximum Gasteiger partial charge on any atom is 0.426 e. The number of hydrazine groups is 2. The molecule has 0 aliphatic rings. The van der Waals surface area contributed by atoms with E-state index < -0.39 is 41.7 Å². The van der Waals surface area contributed by atoms with Crippen LogP contribution in [0, 0.1) is 5.92 Å². The minimum atomic E-state index is -0.891. The van der Waals surface area contributed by atoms with Crippen LogP contribution in [0.2, 0.25) is 0 Å². The van der Waals surface area contributed by atoms with Crippen LogP contribution < -0.4 is 21.9 Å². The maximum absolute atomic E-state index is 12.4. The quantitative estimate of drug-likeness (QED) is 0.529. The molecule has 0 radical (unpaired) electrons. The molecule has 0 heterocycles. The molecule has 0 saturated carbocycles. The number of ether oxygens (including phenoxy) is 1. The number of carbonyl (C=O) groups excluding carboxylic acids is 4. The number of nitrogens with zero attached hydrogens (tertiary/aromatic N) is 2. The average molecular weight is 388 g/mol. The molecule has 0 spiro atoms. The molecule has 0 aliphatic carbocycles. The van der Waals surface area contributed by atoms with Gasteiger partial charge in [0.05, 0.1) is 0 Å². The number of amides is 6. The second kappa shape index (κ2) is 9.83. The SMILES string of the molecule is CC(C)[C@H](NC(=O)N(C)NC(=O)N(NC(=O)OC(C)(C)C)C(C)C)C(N)=O. The first-order valence-electron chi connectivity index (χ1n) is 8.58. The van der Waals surface area contributed by atoms with Gasteiger partial charge in [-0.25, -0.2) is 35.3 Å². The van der Waals surface area contributed by atoms with Gasteiger partial charge in [-0.1, -0.05) is 13.8 Å². The predicted octanol–water partition coefficient (Wildman–Crippen LogP) is 0.912. The van der Waals surface area contributed by atoms with Crippen molar-refractivity contribution in [2.24, 2.45) is 11.7 Å². The Morgan fingerprint density at radius 1 is 0.963 bits per heavy atom. The highest BCUT2D eigenvalue weighted by Crippen LogP contribution is 2.07. The number of primary amides is 1. The van der Waals surface area contributed by atoms with Crippen molar-refractivity contribution >= 4 is 24.1 Å². The summed E-state index contributed by atoms with van der Waals surface area (Å²) in [5.41, 5.74) is 9.14. The van der Waals surface area contributed by atoms with Crippen LogP contribution in [0.1, 0.15) is 48.5 Å². The predicted molar refractivity (Wildman–Crippen MR) is 99.0 cm³/mol. The molecule has 0 bridgehead atoms. The van der Waals surface area contributed by atoms with Crippen molar-refractivity contribution in [2.45, 2.75) is 66.2 Å². The van der Waals surface area contributed by atoms with Crippen molar-refractivity contribution in [2.75, 3.05) is 7.05 Å². The third kappa shape index (κ3) is 8.97. The Labute approximate surface area is 159 Å². The summed E-state index contributed by atoms with van der Waals surface area (Å²) in [6.07, 6.45) is -0.813. The number of carbonyl (C=O) groups is 4. The van der Waals surface area contributed by atoms with Gasteiger partial charge in [0.15, 0.2) is 0 Å². The molecule has 1 atom stereocenters. The Morgan fingerprint density at radius 3 is 1.85 bits per heavy atom. The molecule has 0 aromatic rings. The van der Waals surface area contributed by atoms with E-state index in [4.69, 9.17) is 10.5 Å². The van der Waals surface area contributed by atoms with Crippen LogP contribution in [0.3, 0.4) is 0 Å². The summed E-state index contributed by atoms with van der Waals surface area (Å²) in [5, 5.41) is 4.26. The summed E-state index contributed by atoms with van der Waals surface area (Å²) in [6.45, 7) is 11.8. The molecule has 0 saturated heterocycles. The summed E-state index contributed by atoms with van der Waals surface area (Å²) < 4.78 is 5.11. The van der Waals surface area contributed by atoms with Crippen molar-refractivity contribution < 1.29 is 23.9 Å². The third-order valence-corrected chi connectivity index (χ3v) is 3.17. The Morgan fingerprint density at radius 2 is 1.48 bits per heavy atom. The third-order valence-electron chi connectivity index (χ3n) is 3.17. The van der Waals surface area contributed by atoms with Gasteiger partial charge in [0.2, 0.25) is 5.91 Å². The number of hydrogen-bond acceptors (Lipinski definition) is 5. The number of urea groups is 2. The number of nitrogens with one attached hydrogen (secondary N) is 3. The van der Waals surface area contributed by atoms with E-state index in [1.54, 1.807) is 48.5 Å². The topological polar surface area (TPSA) is 146 Å². The molecular weight excluding hydrogens is 356 g/mol. The zero-order chi connectivity index (χ0) is 21.5. The van der Waals surface area contributed by atoms with Crippen molar-refractivity contribution in [3.05, 3.63) is 0 Å². The molecule has 0 aromatic carbocycles. The first kappa shape index (κ1) is 24.3. The van der Waals surface area contributed by atoms with Gasteiger partial charge < -0.3 is 15.8 Å². The lowest BCUT2D eigenvalue weighted by Crippen LogP contribution is -2.60. The minimum Gasteiger partial charge on any atom is -0.443 e. The van der Waals surface area contributed by atoms with E-state index >= 15 is 0 Å². The lowest BCUT2D eigenvalue weighted by molar-refractivity contribution is -0.120. The molecule has 0 aromatic heterocycles. The van der Waals surface area contributed by atoms with Gasteiger partial charge in [0.25, 0.3) is 0 Å². The molecule has 5 N–H and O–H groups in total. The van der Waals surface area contributed by atoms with Crippen molar-refractivity contribution in [3.63, 3.8) is 0 Å². The standard InChI is InChI=1S/C16H32N6O5/c1-9(2)11(12(17)23)18-13(24)21(8)19-14(25)22(10(3)4)20-15(26)27-16(5,6)7/h9-11H,1-8H3,(H2,17,23)(H,18,24)(H,19,25)(H,20,26)/t11-/m0/s1. The van der Waals surface area contributed by atoms with E-state index in [9.17, 15) is 19.2 Å². The Bertz CT molecular complexity index is 558. The smallest absolute Gasteiger partial charge is 0.426 e. The summed E-state index contributed by atoms with van der Waals surface area (Å²) >= 11 is 0. The Balaban J connectivity index is 4.95. The lowest BCUT2D eigenvalue weighted by Gasteiger charge is -2.31. The van der Waals surface area contributed by atoms with Crippen molar-refractivity contribution in [1.82, 2.24) is 26.2 Å². The van der Waals surface area contributed by atoms with E-state index in [1.807, 2.05) is 0 Å². The zero-order valence-electron chi connectivity index (χ0n) is 17.2. The van der Waals surface area contributed by atoms with E-state index in [0.717, 1.165) is 10.0 Å². The zero-order valence-corrected chi connectivity index (χ0v) is 17.2. The van der Waals surface area contributed by atoms with Crippen LogP contribution >= 0.6 is 0 Å². The molecule has 11 heteroatoms. The summed E-state index contributed by atoms with van der Waals surface area (Å²) in [4.78, 5) is 47.8. The van der Waals surface area contributed by atoms with Crippen LogP contribution in [-0.4, -0.2) is 58.8 Å². The van der Waals surface area contributed by atoms with Crippen LogP contribution in [0.4, 0.5) is 14.4 Å². The fourth-order valence-electron chi connectivity index (χ4n) is 1.86. The second-order valence-corrected chi connectivity index (χ2v) is 7.63. The van der Waals surface area contributed by atoms with E-state index in [2.05, 4.69) is 16.2 Å². The van der Waals surface area contributed by atoms with Gasteiger partial charge in [-0.2, -0.15) is 0 Å². The molecule has 0 fully saturated rings. The number of nitrogens with two attached hydrogens (primary N) is 1. The van der Waals surface area contributed by atoms with Crippen LogP contribution in [0.15, 0.2) is 0 Å². The Kier molecular flexibility index (Phi) is 8.84. The first-order valence-corrected chi connectivity index (χ1v) is 8.58. The van der Waals surface area contributed by atoms with Crippen molar-refractivity contribution in [3.8, 4) is 0 Å². The molecule has 27 heavy (non-hydrogen) atoms. The highest BCUT2D eigenvalue weighted by atomic mass is 16.6. The molecule has 0 rings (SSSR count). The average Bonchev–Trinajstić information content (AvgIpc) is 2.46. The van der Waals surface area contributed by atoms with E-state index in [0.29, 0.717) is 0 Å². The summed E-state index contributed by atoms with van der Waals surface area (Å²) in [7, 11) is 1.29. The van der Waals surface area contributed by atoms with Crippen LogP contribution in [0.5, 0.6) is 0 Å². The fraction of sp³-hybridized carbons (Fsp3) is 0.750. The van der Waals surface area contributed by atoms with Gasteiger partial charge in [0, 0.05) is 13.1 Å². The fourth-order valence-corrected chi connectivity index (χ4v) is 1.86. The van der Waals surface area contributed by atoms with E-state index in [1.165, 1.54) is 7.05 Å². The minimum absolute atomic E-state index is 0.225. The van der Waals surface area contributed by atoms with Crippen LogP contribution in [-0.2, 0) is 9.53 Å². The monoisotopic (exact) mass is 388 g/mol. The molecular formula is C16H32N6O5. The molecule has 156 valence electrons. The van der Waals surface area contributed by atoms with Gasteiger partial charge in [-0.15, -0.1) is 0 Å². The molecule has 11 nitrogen and oxygen atoms in total. The molecule has 6 amide bonds. The molecule has 0 aliphatic heterocycles. The van der Waals surface area contributed by atoms with Gasteiger partial charge in [-0.3, -0.25) is 4.79 Å². The normalized spacial score (nSPS) is 12.2. The van der Waals surface area contributed by atoms with Gasteiger partial charge in [-0.05, 0) is 40.5 Å². The second-order valence-electron chi connectivity index (χ2n) is 7.63. The first-order chi connectivity index (χ1) is 12.2. The summed E-state index contributed by atoms with van der Waals surface area (Å²) in [6, 6.07) is -2.82. The summed E-state index contributed by atoms with van der Waals surface area (Å²) in [5.74, 6) is -0.912. The molecule has 0 unspecified atom stereocenters.